The summed E-state index contributed by atoms with van der Waals surface area (Å²) >= 11 is 12.9. The number of fused-ring (bicyclic) bond motifs is 1. The van der Waals surface area contributed by atoms with Crippen molar-refractivity contribution in [3.8, 4) is 28.9 Å². The molecule has 3 heterocycles. The lowest BCUT2D eigenvalue weighted by atomic mass is 10.1. The largest absolute Gasteiger partial charge is 0.481 e. The maximum Gasteiger partial charge on any atom is 0.425 e. The van der Waals surface area contributed by atoms with E-state index in [-0.39, 0.29) is 62.1 Å². The molecule has 0 saturated carbocycles. The summed E-state index contributed by atoms with van der Waals surface area (Å²) in [6, 6.07) is 3.92. The average Bonchev–Trinajstić information content (AvgIpc) is 3.21. The number of nitrogens with zero attached hydrogens (tertiary/aromatic N) is 5. The number of hydrogen-bond donors (Lipinski definition) is 1. The summed E-state index contributed by atoms with van der Waals surface area (Å²) in [5.74, 6) is -0.262. The second kappa shape index (κ2) is 10.7. The SMILES string of the molecule is CCn1c(CO)nn(-c2cc(OC(C)C(F)(F)F)c3c(Oc4cc(OC)ncc4Cl)nccc3c2Cl)c1=O. The molecule has 3 aromatic heterocycles. The first-order chi connectivity index (χ1) is 18.0. The smallest absolute Gasteiger partial charge is 0.425 e. The molecule has 0 amide bonds. The zero-order chi connectivity index (χ0) is 27.8. The van der Waals surface area contributed by atoms with Gasteiger partial charge in [-0.1, -0.05) is 23.2 Å². The van der Waals surface area contributed by atoms with E-state index in [0.29, 0.717) is 0 Å². The minimum absolute atomic E-state index is 0.0189. The van der Waals surface area contributed by atoms with Gasteiger partial charge in [-0.05, 0) is 19.9 Å². The van der Waals surface area contributed by atoms with Crippen molar-refractivity contribution in [3.63, 3.8) is 0 Å². The number of aliphatic hydroxyl groups is 1. The van der Waals surface area contributed by atoms with E-state index < -0.39 is 24.6 Å². The van der Waals surface area contributed by atoms with Crippen LogP contribution in [-0.2, 0) is 13.2 Å². The zero-order valence-corrected chi connectivity index (χ0v) is 21.6. The quantitative estimate of drug-likeness (QED) is 0.316. The Balaban J connectivity index is 1.99. The van der Waals surface area contributed by atoms with Crippen LogP contribution in [0, 0.1) is 0 Å². The Hall–Kier alpha value is -3.55. The predicted molar refractivity (Wildman–Crippen MR) is 132 cm³/mol. The number of ether oxygens (including phenoxy) is 3. The minimum atomic E-state index is -4.72. The van der Waals surface area contributed by atoms with E-state index in [2.05, 4.69) is 15.1 Å². The molecule has 0 radical (unpaired) electrons. The van der Waals surface area contributed by atoms with Gasteiger partial charge in [-0.25, -0.2) is 14.8 Å². The van der Waals surface area contributed by atoms with Crippen LogP contribution < -0.4 is 19.9 Å². The molecule has 0 saturated heterocycles. The maximum absolute atomic E-state index is 13.5. The van der Waals surface area contributed by atoms with Crippen molar-refractivity contribution in [2.45, 2.75) is 39.3 Å². The summed E-state index contributed by atoms with van der Waals surface area (Å²) in [4.78, 5) is 21.1. The molecular formula is C23H20Cl2F3N5O5. The number of pyridine rings is 2. The number of methoxy groups -OCH3 is 1. The molecule has 0 bridgehead atoms. The summed E-state index contributed by atoms with van der Waals surface area (Å²) in [6.45, 7) is 2.13. The molecule has 4 rings (SSSR count). The number of aromatic nitrogens is 5. The molecule has 0 aliphatic carbocycles. The summed E-state index contributed by atoms with van der Waals surface area (Å²) < 4.78 is 58.8. The second-order valence-electron chi connectivity index (χ2n) is 7.82. The zero-order valence-electron chi connectivity index (χ0n) is 20.1. The molecule has 0 aliphatic rings. The Bertz CT molecular complexity index is 1560. The lowest BCUT2D eigenvalue weighted by molar-refractivity contribution is -0.189. The molecule has 1 atom stereocenters. The number of benzene rings is 1. The third-order valence-electron chi connectivity index (χ3n) is 5.49. The molecule has 10 nitrogen and oxygen atoms in total. The normalized spacial score (nSPS) is 12.6. The lowest BCUT2D eigenvalue weighted by Gasteiger charge is -2.21. The number of aliphatic hydroxyl groups excluding tert-OH is 1. The molecule has 0 spiro atoms. The molecule has 1 aromatic carbocycles. The minimum Gasteiger partial charge on any atom is -0.481 e. The van der Waals surface area contributed by atoms with Gasteiger partial charge in [0.15, 0.2) is 17.7 Å². The number of rotatable bonds is 8. The van der Waals surface area contributed by atoms with Crippen molar-refractivity contribution < 1.29 is 32.5 Å². The molecule has 1 unspecified atom stereocenters. The van der Waals surface area contributed by atoms with Crippen molar-refractivity contribution >= 4 is 34.0 Å². The van der Waals surface area contributed by atoms with Crippen LogP contribution >= 0.6 is 23.2 Å². The molecule has 4 aromatic rings. The lowest BCUT2D eigenvalue weighted by Crippen LogP contribution is -2.31. The third kappa shape index (κ3) is 5.08. The summed E-state index contributed by atoms with van der Waals surface area (Å²) in [7, 11) is 1.38. The summed E-state index contributed by atoms with van der Waals surface area (Å²) in [5, 5.41) is 13.9. The van der Waals surface area contributed by atoms with Gasteiger partial charge < -0.3 is 19.3 Å². The van der Waals surface area contributed by atoms with Crippen molar-refractivity contribution in [2.24, 2.45) is 0 Å². The van der Waals surface area contributed by atoms with E-state index >= 15 is 0 Å². The average molecular weight is 574 g/mol. The number of hydrogen-bond acceptors (Lipinski definition) is 8. The fourth-order valence-corrected chi connectivity index (χ4v) is 4.00. The molecule has 1 N–H and O–H groups in total. The molecule has 0 fully saturated rings. The van der Waals surface area contributed by atoms with E-state index in [4.69, 9.17) is 37.4 Å². The van der Waals surface area contributed by atoms with E-state index in [0.717, 1.165) is 17.7 Å². The molecule has 202 valence electrons. The molecule has 15 heteroatoms. The van der Waals surface area contributed by atoms with Crippen molar-refractivity contribution in [1.29, 1.82) is 0 Å². The van der Waals surface area contributed by atoms with Gasteiger partial charge in [-0.2, -0.15) is 17.9 Å². The van der Waals surface area contributed by atoms with Crippen LogP contribution in [-0.4, -0.2) is 48.8 Å². The summed E-state index contributed by atoms with van der Waals surface area (Å²) in [6.07, 6.45) is -4.40. The monoisotopic (exact) mass is 573 g/mol. The second-order valence-corrected chi connectivity index (χ2v) is 8.61. The third-order valence-corrected chi connectivity index (χ3v) is 6.17. The van der Waals surface area contributed by atoms with E-state index in [1.807, 2.05) is 0 Å². The van der Waals surface area contributed by atoms with Crippen LogP contribution in [0.4, 0.5) is 13.2 Å². The maximum atomic E-state index is 13.5. The molecular weight excluding hydrogens is 554 g/mol. The van der Waals surface area contributed by atoms with E-state index in [1.54, 1.807) is 6.92 Å². The standard InChI is InChI=1S/C23H20Cl2F3N5O5/c1-4-32-17(10-34)31-33(22(32)35)14-7-16(37-11(2)23(26,27)28)19-12(20(14)25)5-6-29-21(19)38-15-8-18(36-3)30-9-13(15)24/h5-9,11,34H,4,10H2,1-3H3. The Labute approximate surface area is 223 Å². The van der Waals surface area contributed by atoms with Gasteiger partial charge in [0.05, 0.1) is 29.4 Å². The Morgan fingerprint density at radius 3 is 2.53 bits per heavy atom. The Kier molecular flexibility index (Phi) is 7.72. The highest BCUT2D eigenvalue weighted by molar-refractivity contribution is 6.38. The van der Waals surface area contributed by atoms with Crippen LogP contribution in [0.5, 0.6) is 23.3 Å². The predicted octanol–water partition coefficient (Wildman–Crippen LogP) is 4.93. The van der Waals surface area contributed by atoms with Crippen molar-refractivity contribution in [1.82, 2.24) is 24.3 Å². The fourth-order valence-electron chi connectivity index (χ4n) is 3.57. The van der Waals surface area contributed by atoms with Crippen LogP contribution in [0.15, 0.2) is 35.4 Å². The fraction of sp³-hybridized carbons (Fsp3) is 0.304. The van der Waals surface area contributed by atoms with E-state index in [9.17, 15) is 23.1 Å². The van der Waals surface area contributed by atoms with Crippen LogP contribution in [0.1, 0.15) is 19.7 Å². The van der Waals surface area contributed by atoms with Crippen LogP contribution in [0.3, 0.4) is 0 Å². The molecule has 0 aliphatic heterocycles. The van der Waals surface area contributed by atoms with Gasteiger partial charge in [-0.15, -0.1) is 5.10 Å². The summed E-state index contributed by atoms with van der Waals surface area (Å²) in [5.41, 5.74) is -0.731. The van der Waals surface area contributed by atoms with Crippen molar-refractivity contribution in [2.75, 3.05) is 7.11 Å². The topological polar surface area (TPSA) is 114 Å². The highest BCUT2D eigenvalue weighted by atomic mass is 35.5. The molecule has 38 heavy (non-hydrogen) atoms. The highest BCUT2D eigenvalue weighted by Gasteiger charge is 2.39. The first kappa shape index (κ1) is 27.5. The van der Waals surface area contributed by atoms with Crippen LogP contribution in [0.2, 0.25) is 10.0 Å². The number of alkyl halides is 3. The van der Waals surface area contributed by atoms with Gasteiger partial charge in [0.2, 0.25) is 11.8 Å². The van der Waals surface area contributed by atoms with Gasteiger partial charge in [0.25, 0.3) is 0 Å². The number of halogens is 5. The van der Waals surface area contributed by atoms with Gasteiger partial charge in [0, 0.05) is 30.3 Å². The first-order valence-electron chi connectivity index (χ1n) is 11.0. The van der Waals surface area contributed by atoms with Gasteiger partial charge in [0.1, 0.15) is 17.4 Å². The van der Waals surface area contributed by atoms with Crippen LogP contribution in [0.25, 0.3) is 16.5 Å². The first-order valence-corrected chi connectivity index (χ1v) is 11.8. The van der Waals surface area contributed by atoms with Crippen molar-refractivity contribution in [3.05, 3.63) is 56.9 Å². The van der Waals surface area contributed by atoms with E-state index in [1.165, 1.54) is 36.2 Å². The van der Waals surface area contributed by atoms with Gasteiger partial charge >= 0.3 is 11.9 Å². The van der Waals surface area contributed by atoms with Gasteiger partial charge in [-0.3, -0.25) is 4.57 Å². The Morgan fingerprint density at radius 2 is 1.92 bits per heavy atom. The Morgan fingerprint density at radius 1 is 1.18 bits per heavy atom. The highest BCUT2D eigenvalue weighted by Crippen LogP contribution is 2.43.